The second-order valence-electron chi connectivity index (χ2n) is 8.90. The zero-order chi connectivity index (χ0) is 24.2. The summed E-state index contributed by atoms with van der Waals surface area (Å²) in [5.74, 6) is 0.0450. The Bertz CT molecular complexity index is 1120. The van der Waals surface area contributed by atoms with Crippen LogP contribution in [0.1, 0.15) is 33.3 Å². The van der Waals surface area contributed by atoms with E-state index < -0.39 is 5.54 Å². The average molecular weight is 468 g/mol. The number of amides is 3. The summed E-state index contributed by atoms with van der Waals surface area (Å²) in [4.78, 5) is 31.5. The summed E-state index contributed by atoms with van der Waals surface area (Å²) >= 11 is 6.02. The van der Waals surface area contributed by atoms with E-state index >= 15 is 0 Å². The minimum atomic E-state index is -0.393. The van der Waals surface area contributed by atoms with Gasteiger partial charge in [-0.3, -0.25) is 14.7 Å². The molecule has 7 nitrogen and oxygen atoms in total. The lowest BCUT2D eigenvalue weighted by molar-refractivity contribution is -0.116. The third-order valence-corrected chi connectivity index (χ3v) is 5.15. The van der Waals surface area contributed by atoms with Gasteiger partial charge in [0.1, 0.15) is 6.54 Å². The van der Waals surface area contributed by atoms with Crippen molar-refractivity contribution in [1.29, 1.82) is 0 Å². The standard InChI is InChI=1S/C25H30ClN5O2/c1-6-30(24(33)29-25(3,4)5)16-22(32)28-23-27-21(18-9-11-19(26)12-10-18)15-31(23)20-13-7-17(2)8-14-20/h7-15H,6,16H2,1-5H3,(H,29,33)(H,27,28,32). The van der Waals surface area contributed by atoms with Crippen molar-refractivity contribution in [1.82, 2.24) is 19.8 Å². The number of imidazole rings is 1. The van der Waals surface area contributed by atoms with Gasteiger partial charge < -0.3 is 10.2 Å². The van der Waals surface area contributed by atoms with Crippen LogP contribution in [0.5, 0.6) is 0 Å². The monoisotopic (exact) mass is 467 g/mol. The first-order valence-corrected chi connectivity index (χ1v) is 11.2. The average Bonchev–Trinajstić information content (AvgIpc) is 3.15. The molecule has 2 aromatic carbocycles. The van der Waals surface area contributed by atoms with Crippen molar-refractivity contribution in [2.75, 3.05) is 18.4 Å². The molecule has 0 spiro atoms. The van der Waals surface area contributed by atoms with Crippen LogP contribution >= 0.6 is 11.6 Å². The van der Waals surface area contributed by atoms with Gasteiger partial charge in [0.2, 0.25) is 11.9 Å². The molecule has 1 aromatic heterocycles. The van der Waals surface area contributed by atoms with Crippen LogP contribution in [-0.2, 0) is 4.79 Å². The van der Waals surface area contributed by atoms with E-state index in [0.29, 0.717) is 23.2 Å². The van der Waals surface area contributed by atoms with Crippen molar-refractivity contribution in [2.45, 2.75) is 40.2 Å². The van der Waals surface area contributed by atoms with Crippen LogP contribution in [0.4, 0.5) is 10.7 Å². The van der Waals surface area contributed by atoms with Gasteiger partial charge in [0.25, 0.3) is 0 Å². The predicted molar refractivity (Wildman–Crippen MR) is 133 cm³/mol. The number of urea groups is 1. The number of benzene rings is 2. The maximum absolute atomic E-state index is 12.9. The molecule has 0 aliphatic heterocycles. The Kier molecular flexibility index (Phi) is 7.43. The molecule has 0 saturated heterocycles. The summed E-state index contributed by atoms with van der Waals surface area (Å²) in [6, 6.07) is 15.0. The number of hydrogen-bond donors (Lipinski definition) is 2. The van der Waals surface area contributed by atoms with Crippen molar-refractivity contribution in [3.05, 3.63) is 65.3 Å². The fraction of sp³-hybridized carbons (Fsp3) is 0.320. The molecule has 0 aliphatic rings. The SMILES string of the molecule is CCN(CC(=O)Nc1nc(-c2ccc(Cl)cc2)cn1-c1ccc(C)cc1)C(=O)NC(C)(C)C. The Hall–Kier alpha value is -3.32. The molecule has 0 unspecified atom stereocenters. The summed E-state index contributed by atoms with van der Waals surface area (Å²) in [6.45, 7) is 9.86. The van der Waals surface area contributed by atoms with Gasteiger partial charge in [-0.25, -0.2) is 9.78 Å². The molecule has 0 radical (unpaired) electrons. The molecular formula is C25H30ClN5O2. The number of likely N-dealkylation sites (N-methyl/N-ethyl adjacent to an activating group) is 1. The number of hydrogen-bond acceptors (Lipinski definition) is 3. The van der Waals surface area contributed by atoms with Crippen LogP contribution in [0, 0.1) is 6.92 Å². The first-order chi connectivity index (χ1) is 15.6. The molecular weight excluding hydrogens is 438 g/mol. The number of carbonyl (C=O) groups is 2. The third kappa shape index (κ3) is 6.58. The molecule has 8 heteroatoms. The quantitative estimate of drug-likeness (QED) is 0.518. The zero-order valence-electron chi connectivity index (χ0n) is 19.6. The van der Waals surface area contributed by atoms with E-state index in [1.807, 2.05) is 81.8 Å². The Morgan fingerprint density at radius 3 is 2.27 bits per heavy atom. The topological polar surface area (TPSA) is 79.3 Å². The second kappa shape index (κ2) is 10.1. The highest BCUT2D eigenvalue weighted by Gasteiger charge is 2.22. The normalized spacial score (nSPS) is 11.2. The lowest BCUT2D eigenvalue weighted by Crippen LogP contribution is -2.50. The van der Waals surface area contributed by atoms with Gasteiger partial charge in [0.15, 0.2) is 0 Å². The smallest absolute Gasteiger partial charge is 0.318 e. The van der Waals surface area contributed by atoms with Crippen LogP contribution in [0.3, 0.4) is 0 Å². The number of aryl methyl sites for hydroxylation is 1. The van der Waals surface area contributed by atoms with E-state index in [9.17, 15) is 9.59 Å². The van der Waals surface area contributed by atoms with Crippen LogP contribution in [-0.4, -0.2) is 45.0 Å². The number of aromatic nitrogens is 2. The van der Waals surface area contributed by atoms with E-state index in [2.05, 4.69) is 15.6 Å². The zero-order valence-corrected chi connectivity index (χ0v) is 20.4. The van der Waals surface area contributed by atoms with Crippen LogP contribution < -0.4 is 10.6 Å². The molecule has 2 N–H and O–H groups in total. The fourth-order valence-corrected chi connectivity index (χ4v) is 3.32. The maximum atomic E-state index is 12.9. The number of rotatable bonds is 6. The van der Waals surface area contributed by atoms with E-state index in [-0.39, 0.29) is 18.5 Å². The van der Waals surface area contributed by atoms with Crippen LogP contribution in [0.25, 0.3) is 16.9 Å². The maximum Gasteiger partial charge on any atom is 0.318 e. The number of carbonyl (C=O) groups excluding carboxylic acids is 2. The molecule has 0 saturated carbocycles. The summed E-state index contributed by atoms with van der Waals surface area (Å²) < 4.78 is 1.83. The highest BCUT2D eigenvalue weighted by atomic mass is 35.5. The molecule has 174 valence electrons. The molecule has 1 heterocycles. The van der Waals surface area contributed by atoms with Crippen LogP contribution in [0.15, 0.2) is 54.7 Å². The lowest BCUT2D eigenvalue weighted by atomic mass is 10.1. The highest BCUT2D eigenvalue weighted by Crippen LogP contribution is 2.25. The van der Waals surface area contributed by atoms with Gasteiger partial charge >= 0.3 is 6.03 Å². The van der Waals surface area contributed by atoms with Gasteiger partial charge in [-0.15, -0.1) is 0 Å². The van der Waals surface area contributed by atoms with Crippen molar-refractivity contribution >= 4 is 29.5 Å². The van der Waals surface area contributed by atoms with E-state index in [1.165, 1.54) is 4.90 Å². The number of nitrogens with one attached hydrogen (secondary N) is 2. The highest BCUT2D eigenvalue weighted by molar-refractivity contribution is 6.30. The Morgan fingerprint density at radius 2 is 1.70 bits per heavy atom. The van der Waals surface area contributed by atoms with Crippen molar-refractivity contribution in [3.63, 3.8) is 0 Å². The molecule has 3 aromatic rings. The van der Waals surface area contributed by atoms with E-state index in [0.717, 1.165) is 16.8 Å². The molecule has 33 heavy (non-hydrogen) atoms. The summed E-state index contributed by atoms with van der Waals surface area (Å²) in [5, 5.41) is 6.40. The third-order valence-electron chi connectivity index (χ3n) is 4.89. The van der Waals surface area contributed by atoms with Gasteiger partial charge in [-0.05, 0) is 58.9 Å². The Labute approximate surface area is 199 Å². The van der Waals surface area contributed by atoms with Gasteiger partial charge in [-0.2, -0.15) is 0 Å². The molecule has 3 rings (SSSR count). The van der Waals surface area contributed by atoms with Gasteiger partial charge in [0.05, 0.1) is 5.69 Å². The van der Waals surface area contributed by atoms with Crippen molar-refractivity contribution in [2.24, 2.45) is 0 Å². The molecule has 0 fully saturated rings. The molecule has 0 atom stereocenters. The lowest BCUT2D eigenvalue weighted by Gasteiger charge is -2.27. The van der Waals surface area contributed by atoms with E-state index in [4.69, 9.17) is 11.6 Å². The molecule has 0 aliphatic carbocycles. The summed E-state index contributed by atoms with van der Waals surface area (Å²) in [6.07, 6.45) is 1.87. The minimum absolute atomic E-state index is 0.0878. The first kappa shape index (κ1) is 24.3. The summed E-state index contributed by atoms with van der Waals surface area (Å²) in [5.41, 5.74) is 3.17. The minimum Gasteiger partial charge on any atom is -0.333 e. The van der Waals surface area contributed by atoms with E-state index in [1.54, 1.807) is 12.1 Å². The van der Waals surface area contributed by atoms with Crippen LogP contribution in [0.2, 0.25) is 5.02 Å². The molecule has 3 amide bonds. The Balaban J connectivity index is 1.87. The van der Waals surface area contributed by atoms with Crippen molar-refractivity contribution in [3.8, 4) is 16.9 Å². The number of halogens is 1. The molecule has 0 bridgehead atoms. The van der Waals surface area contributed by atoms with Gasteiger partial charge in [-0.1, -0.05) is 41.4 Å². The summed E-state index contributed by atoms with van der Waals surface area (Å²) in [7, 11) is 0. The first-order valence-electron chi connectivity index (χ1n) is 10.8. The predicted octanol–water partition coefficient (Wildman–Crippen LogP) is 5.27. The second-order valence-corrected chi connectivity index (χ2v) is 9.34. The Morgan fingerprint density at radius 1 is 1.06 bits per heavy atom. The largest absolute Gasteiger partial charge is 0.333 e. The van der Waals surface area contributed by atoms with Crippen molar-refractivity contribution < 1.29 is 9.59 Å². The number of anilines is 1. The fourth-order valence-electron chi connectivity index (χ4n) is 3.19. The van der Waals surface area contributed by atoms with Gasteiger partial charge in [0, 0.05) is 34.6 Å². The number of nitrogens with zero attached hydrogens (tertiary/aromatic N) is 3.